The lowest BCUT2D eigenvalue weighted by molar-refractivity contribution is -0.163. The molecule has 1 fully saturated rings. The van der Waals surface area contributed by atoms with Gasteiger partial charge in [0.15, 0.2) is 0 Å². The average molecular weight is 290 g/mol. The number of benzene rings is 1. The van der Waals surface area contributed by atoms with Gasteiger partial charge < -0.3 is 0 Å². The molecule has 1 aromatic carbocycles. The minimum absolute atomic E-state index is 0.0671. The largest absolute Gasteiger partial charge is 0.406 e. The van der Waals surface area contributed by atoms with Crippen molar-refractivity contribution in [1.29, 1.82) is 0 Å². The molecule has 19 heavy (non-hydrogen) atoms. The van der Waals surface area contributed by atoms with Gasteiger partial charge in [0.2, 0.25) is 5.91 Å². The first kappa shape index (κ1) is 14.2. The summed E-state index contributed by atoms with van der Waals surface area (Å²) in [4.78, 5) is 12.5. The van der Waals surface area contributed by atoms with Crippen molar-refractivity contribution in [2.75, 3.05) is 6.26 Å². The van der Waals surface area contributed by atoms with Crippen molar-refractivity contribution < 1.29 is 18.0 Å². The first-order valence-electron chi connectivity index (χ1n) is 5.67. The van der Waals surface area contributed by atoms with E-state index in [1.165, 1.54) is 0 Å². The van der Waals surface area contributed by atoms with Crippen LogP contribution < -0.4 is 10.9 Å². The molecule has 1 aromatic rings. The number of carbonyl (C=O) groups is 1. The van der Waals surface area contributed by atoms with E-state index in [4.69, 9.17) is 0 Å². The molecule has 1 heterocycles. The van der Waals surface area contributed by atoms with Gasteiger partial charge in [-0.25, -0.2) is 5.43 Å². The fourth-order valence-electron chi connectivity index (χ4n) is 2.03. The summed E-state index contributed by atoms with van der Waals surface area (Å²) < 4.78 is 38.2. The number of hydrazine groups is 1. The van der Waals surface area contributed by atoms with Crippen LogP contribution in [0.3, 0.4) is 0 Å². The van der Waals surface area contributed by atoms with Crippen LogP contribution in [0, 0.1) is 5.92 Å². The highest BCUT2D eigenvalue weighted by Crippen LogP contribution is 2.30. The predicted molar refractivity (Wildman–Crippen MR) is 66.5 cm³/mol. The third kappa shape index (κ3) is 3.22. The summed E-state index contributed by atoms with van der Waals surface area (Å²) in [6.07, 6.45) is -2.45. The van der Waals surface area contributed by atoms with Gasteiger partial charge >= 0.3 is 6.18 Å². The first-order chi connectivity index (χ1) is 8.91. The van der Waals surface area contributed by atoms with Gasteiger partial charge in [0, 0.05) is 4.90 Å². The van der Waals surface area contributed by atoms with Crippen LogP contribution in [-0.2, 0) is 11.2 Å². The van der Waals surface area contributed by atoms with Gasteiger partial charge in [-0.05, 0) is 30.4 Å². The maximum absolute atomic E-state index is 12.7. The molecule has 1 aliphatic heterocycles. The van der Waals surface area contributed by atoms with E-state index in [0.29, 0.717) is 0 Å². The zero-order valence-electron chi connectivity index (χ0n) is 10.1. The minimum atomic E-state index is -4.44. The first-order valence-corrected chi connectivity index (χ1v) is 6.89. The standard InChI is InChI=1S/C12H13F3N2OS/c1-19-8-4-2-7(3-5-8)6-9-10(12(13,14)15)16-17-11(9)18/h2-5,9-10,16H,6H2,1H3,(H,17,18). The Bertz CT molecular complexity index is 461. The van der Waals surface area contributed by atoms with Crippen molar-refractivity contribution in [2.24, 2.45) is 5.92 Å². The van der Waals surface area contributed by atoms with Gasteiger partial charge in [0.05, 0.1) is 5.92 Å². The number of hydrogen-bond acceptors (Lipinski definition) is 3. The van der Waals surface area contributed by atoms with E-state index in [9.17, 15) is 18.0 Å². The van der Waals surface area contributed by atoms with Gasteiger partial charge in [-0.3, -0.25) is 10.2 Å². The van der Waals surface area contributed by atoms with Crippen molar-refractivity contribution in [3.05, 3.63) is 29.8 Å². The van der Waals surface area contributed by atoms with Gasteiger partial charge in [0.25, 0.3) is 0 Å². The lowest BCUT2D eigenvalue weighted by Crippen LogP contribution is -2.44. The number of halogens is 3. The Labute approximate surface area is 112 Å². The van der Waals surface area contributed by atoms with Crippen molar-refractivity contribution in [1.82, 2.24) is 10.9 Å². The second-order valence-electron chi connectivity index (χ2n) is 4.31. The summed E-state index contributed by atoms with van der Waals surface area (Å²) in [5.74, 6) is -1.74. The Balaban J connectivity index is 2.13. The van der Waals surface area contributed by atoms with E-state index in [-0.39, 0.29) is 6.42 Å². The Hall–Kier alpha value is -1.21. The van der Waals surface area contributed by atoms with Crippen molar-refractivity contribution in [3.8, 4) is 0 Å². The Morgan fingerprint density at radius 2 is 1.89 bits per heavy atom. The summed E-state index contributed by atoms with van der Waals surface area (Å²) in [6, 6.07) is 5.35. The smallest absolute Gasteiger partial charge is 0.291 e. The molecule has 0 aliphatic carbocycles. The third-order valence-electron chi connectivity index (χ3n) is 3.06. The summed E-state index contributed by atoms with van der Waals surface area (Å²) >= 11 is 1.55. The summed E-state index contributed by atoms with van der Waals surface area (Å²) in [7, 11) is 0. The van der Waals surface area contributed by atoms with Crippen LogP contribution in [0.15, 0.2) is 29.2 Å². The van der Waals surface area contributed by atoms with Gasteiger partial charge in [0.1, 0.15) is 6.04 Å². The molecule has 0 radical (unpaired) electrons. The molecule has 7 heteroatoms. The predicted octanol–water partition coefficient (Wildman–Crippen LogP) is 2.13. The second kappa shape index (κ2) is 5.42. The fraction of sp³-hybridized carbons (Fsp3) is 0.417. The van der Waals surface area contributed by atoms with Crippen LogP contribution in [0.4, 0.5) is 13.2 Å². The van der Waals surface area contributed by atoms with Crippen LogP contribution in [0.5, 0.6) is 0 Å². The van der Waals surface area contributed by atoms with E-state index in [1.807, 2.05) is 23.8 Å². The number of hydrogen-bond donors (Lipinski definition) is 2. The molecule has 0 saturated carbocycles. The summed E-state index contributed by atoms with van der Waals surface area (Å²) in [5.41, 5.74) is 4.78. The number of thioether (sulfide) groups is 1. The third-order valence-corrected chi connectivity index (χ3v) is 3.80. The SMILES string of the molecule is CSc1ccc(CC2C(=O)NNC2C(F)(F)F)cc1. The maximum atomic E-state index is 12.7. The molecular formula is C12H13F3N2OS. The van der Waals surface area contributed by atoms with Crippen LogP contribution in [0.25, 0.3) is 0 Å². The van der Waals surface area contributed by atoms with Crippen LogP contribution in [-0.4, -0.2) is 24.4 Å². The van der Waals surface area contributed by atoms with E-state index >= 15 is 0 Å². The molecule has 0 aromatic heterocycles. The van der Waals surface area contributed by atoms with Gasteiger partial charge in [-0.2, -0.15) is 13.2 Å². The Kier molecular flexibility index (Phi) is 4.05. The lowest BCUT2D eigenvalue weighted by Gasteiger charge is -2.19. The molecule has 0 bridgehead atoms. The highest BCUT2D eigenvalue weighted by molar-refractivity contribution is 7.98. The Morgan fingerprint density at radius 1 is 1.26 bits per heavy atom. The molecule has 3 nitrogen and oxygen atoms in total. The molecule has 1 saturated heterocycles. The molecule has 2 atom stereocenters. The van der Waals surface area contributed by atoms with Gasteiger partial charge in [-0.1, -0.05) is 12.1 Å². The molecule has 0 spiro atoms. The van der Waals surface area contributed by atoms with E-state index in [2.05, 4.69) is 5.43 Å². The summed E-state index contributed by atoms with van der Waals surface area (Å²) in [6.45, 7) is 0. The number of alkyl halides is 3. The quantitative estimate of drug-likeness (QED) is 0.838. The maximum Gasteiger partial charge on any atom is 0.406 e. The average Bonchev–Trinajstić information content (AvgIpc) is 2.72. The normalized spacial score (nSPS) is 23.5. The van der Waals surface area contributed by atoms with E-state index < -0.39 is 24.0 Å². The number of amides is 1. The molecule has 2 unspecified atom stereocenters. The zero-order chi connectivity index (χ0) is 14.0. The molecule has 1 amide bonds. The van der Waals surface area contributed by atoms with Crippen LogP contribution in [0.2, 0.25) is 0 Å². The molecule has 2 rings (SSSR count). The monoisotopic (exact) mass is 290 g/mol. The Morgan fingerprint density at radius 3 is 2.42 bits per heavy atom. The topological polar surface area (TPSA) is 41.1 Å². The van der Waals surface area contributed by atoms with E-state index in [0.717, 1.165) is 10.5 Å². The van der Waals surface area contributed by atoms with Gasteiger partial charge in [-0.15, -0.1) is 11.8 Å². The van der Waals surface area contributed by atoms with Crippen LogP contribution in [0.1, 0.15) is 5.56 Å². The molecule has 1 aliphatic rings. The number of nitrogens with one attached hydrogen (secondary N) is 2. The van der Waals surface area contributed by atoms with Crippen molar-refractivity contribution >= 4 is 17.7 Å². The molecule has 104 valence electrons. The highest BCUT2D eigenvalue weighted by Gasteiger charge is 2.51. The zero-order valence-corrected chi connectivity index (χ0v) is 10.9. The summed E-state index contributed by atoms with van der Waals surface area (Å²) in [5, 5.41) is 0. The highest BCUT2D eigenvalue weighted by atomic mass is 32.2. The minimum Gasteiger partial charge on any atom is -0.291 e. The van der Waals surface area contributed by atoms with Crippen molar-refractivity contribution in [2.45, 2.75) is 23.5 Å². The fourth-order valence-corrected chi connectivity index (χ4v) is 2.44. The number of rotatable bonds is 3. The molecule has 2 N–H and O–H groups in total. The van der Waals surface area contributed by atoms with E-state index in [1.54, 1.807) is 23.9 Å². The second-order valence-corrected chi connectivity index (χ2v) is 5.19. The lowest BCUT2D eigenvalue weighted by atomic mass is 9.93. The molecular weight excluding hydrogens is 277 g/mol. The van der Waals surface area contributed by atoms with Crippen LogP contribution >= 0.6 is 11.8 Å². The van der Waals surface area contributed by atoms with Crippen molar-refractivity contribution in [3.63, 3.8) is 0 Å². The number of carbonyl (C=O) groups excluding carboxylic acids is 1.